The van der Waals surface area contributed by atoms with Gasteiger partial charge in [0.15, 0.2) is 0 Å². The van der Waals surface area contributed by atoms with Crippen LogP contribution < -0.4 is 0 Å². The first-order valence-electron chi connectivity index (χ1n) is 10.9. The summed E-state index contributed by atoms with van der Waals surface area (Å²) in [7, 11) is 0. The molecule has 1 N–H and O–H groups in total. The van der Waals surface area contributed by atoms with Crippen molar-refractivity contribution < 1.29 is 18.3 Å². The molecule has 0 heterocycles. The van der Waals surface area contributed by atoms with Gasteiger partial charge in [0.1, 0.15) is 0 Å². The number of halogens is 3. The van der Waals surface area contributed by atoms with Crippen molar-refractivity contribution in [3.8, 4) is 0 Å². The largest absolute Gasteiger partial charge is 0.393 e. The summed E-state index contributed by atoms with van der Waals surface area (Å²) < 4.78 is 39.6. The molecule has 4 heteroatoms. The predicted molar refractivity (Wildman–Crippen MR) is 96.4 cm³/mol. The molecule has 0 aromatic rings. The second kappa shape index (κ2) is 6.39. The lowest BCUT2D eigenvalue weighted by Gasteiger charge is -2.57. The highest BCUT2D eigenvalue weighted by Crippen LogP contribution is 2.66. The molecule has 4 fully saturated rings. The van der Waals surface area contributed by atoms with Crippen LogP contribution in [0.5, 0.6) is 0 Å². The summed E-state index contributed by atoms with van der Waals surface area (Å²) in [6.07, 6.45) is 2.83. The molecule has 4 aliphatic carbocycles. The lowest BCUT2D eigenvalue weighted by molar-refractivity contribution is -0.196. The van der Waals surface area contributed by atoms with E-state index in [1.807, 2.05) is 6.92 Å². The molecule has 4 aliphatic rings. The molecular weight excluding hydrogens is 337 g/mol. The average molecular weight is 373 g/mol. The van der Waals surface area contributed by atoms with Gasteiger partial charge in [-0.25, -0.2) is 0 Å². The van der Waals surface area contributed by atoms with Gasteiger partial charge in [-0.2, -0.15) is 13.2 Å². The molecule has 10 atom stereocenters. The van der Waals surface area contributed by atoms with Crippen molar-refractivity contribution in [2.45, 2.75) is 84.4 Å². The molecule has 0 aliphatic heterocycles. The second-order valence-electron chi connectivity index (χ2n) is 10.5. The summed E-state index contributed by atoms with van der Waals surface area (Å²) >= 11 is 0. The smallest absolute Gasteiger partial charge is 0.391 e. The van der Waals surface area contributed by atoms with Gasteiger partial charge in [0.2, 0.25) is 0 Å². The van der Waals surface area contributed by atoms with Crippen LogP contribution in [0.15, 0.2) is 0 Å². The maximum absolute atomic E-state index is 13.2. The third-order valence-electron chi connectivity index (χ3n) is 9.38. The summed E-state index contributed by atoms with van der Waals surface area (Å²) in [5.74, 6) is 2.76. The van der Waals surface area contributed by atoms with Crippen molar-refractivity contribution >= 4 is 0 Å². The van der Waals surface area contributed by atoms with Gasteiger partial charge < -0.3 is 5.11 Å². The Bertz CT molecular complexity index is 530. The topological polar surface area (TPSA) is 20.2 Å². The number of rotatable bonds is 1. The summed E-state index contributed by atoms with van der Waals surface area (Å²) in [6.45, 7) is 6.72. The fourth-order valence-corrected chi connectivity index (χ4v) is 8.49. The highest BCUT2D eigenvalue weighted by Gasteiger charge is 2.60. The van der Waals surface area contributed by atoms with Gasteiger partial charge in [-0.15, -0.1) is 0 Å². The Kier molecular flexibility index (Phi) is 4.69. The van der Waals surface area contributed by atoms with Crippen molar-refractivity contribution in [3.63, 3.8) is 0 Å². The standard InChI is InChI=1S/C22H35F3O/c1-12-10-19(13(2)26)21(3)9-8-17-16-7-5-15(22(23,24)25)11-14(16)4-6-18(17)20(12)21/h12-20,26H,4-11H2,1-3H3/t12?,13?,14?,15?,16?,17?,18?,19?,20?,21-/m1/s1. The van der Waals surface area contributed by atoms with Crippen molar-refractivity contribution in [2.24, 2.45) is 52.8 Å². The number of aliphatic hydroxyl groups is 1. The first-order chi connectivity index (χ1) is 12.1. The number of alkyl halides is 3. The van der Waals surface area contributed by atoms with Gasteiger partial charge in [0.25, 0.3) is 0 Å². The molecule has 0 aromatic carbocycles. The van der Waals surface area contributed by atoms with Gasteiger partial charge in [-0.1, -0.05) is 13.8 Å². The van der Waals surface area contributed by atoms with Gasteiger partial charge in [0, 0.05) is 0 Å². The van der Waals surface area contributed by atoms with Crippen LogP contribution in [0.2, 0.25) is 0 Å². The molecule has 1 nitrogen and oxygen atoms in total. The highest BCUT2D eigenvalue weighted by molar-refractivity contribution is 5.08. The zero-order valence-electron chi connectivity index (χ0n) is 16.4. The van der Waals surface area contributed by atoms with Crippen LogP contribution in [-0.4, -0.2) is 17.4 Å². The zero-order chi connectivity index (χ0) is 18.9. The van der Waals surface area contributed by atoms with E-state index in [0.29, 0.717) is 54.3 Å². The predicted octanol–water partition coefficient (Wildman–Crippen LogP) is 6.06. The van der Waals surface area contributed by atoms with E-state index in [1.165, 1.54) is 6.42 Å². The summed E-state index contributed by atoms with van der Waals surface area (Å²) in [5.41, 5.74) is 0.227. The Labute approximate surface area is 156 Å². The molecule has 0 amide bonds. The highest BCUT2D eigenvalue weighted by atomic mass is 19.4. The number of aliphatic hydroxyl groups excluding tert-OH is 1. The van der Waals surface area contributed by atoms with E-state index < -0.39 is 12.1 Å². The van der Waals surface area contributed by atoms with Crippen molar-refractivity contribution in [1.82, 2.24) is 0 Å². The van der Waals surface area contributed by atoms with E-state index in [2.05, 4.69) is 13.8 Å². The summed E-state index contributed by atoms with van der Waals surface area (Å²) in [4.78, 5) is 0. The lowest BCUT2D eigenvalue weighted by atomic mass is 9.48. The summed E-state index contributed by atoms with van der Waals surface area (Å²) in [6, 6.07) is 0. The SMILES string of the molecule is CC(O)C1CC(C)C2C3CCC4CC(C(F)(F)F)CCC4C3CC[C@]12C. The fraction of sp³-hybridized carbons (Fsp3) is 1.00. The molecular formula is C22H35F3O. The third kappa shape index (κ3) is 2.84. The van der Waals surface area contributed by atoms with E-state index in [4.69, 9.17) is 0 Å². The molecule has 4 saturated carbocycles. The first kappa shape index (κ1) is 19.1. The van der Waals surface area contributed by atoms with Crippen LogP contribution in [0.25, 0.3) is 0 Å². The molecule has 4 rings (SSSR count). The molecule has 0 aromatic heterocycles. The Morgan fingerprint density at radius 2 is 1.65 bits per heavy atom. The van der Waals surface area contributed by atoms with Crippen molar-refractivity contribution in [2.75, 3.05) is 0 Å². The molecule has 9 unspecified atom stereocenters. The Balaban J connectivity index is 1.53. The van der Waals surface area contributed by atoms with E-state index in [1.54, 1.807) is 0 Å². The third-order valence-corrected chi connectivity index (χ3v) is 9.38. The van der Waals surface area contributed by atoms with Crippen LogP contribution in [0.4, 0.5) is 13.2 Å². The number of hydrogen-bond acceptors (Lipinski definition) is 1. The van der Waals surface area contributed by atoms with Crippen LogP contribution in [0.1, 0.15) is 72.1 Å². The van der Waals surface area contributed by atoms with E-state index >= 15 is 0 Å². The van der Waals surface area contributed by atoms with E-state index in [9.17, 15) is 18.3 Å². The minimum Gasteiger partial charge on any atom is -0.393 e. The number of fused-ring (bicyclic) bond motifs is 5. The van der Waals surface area contributed by atoms with Crippen LogP contribution in [-0.2, 0) is 0 Å². The second-order valence-corrected chi connectivity index (χ2v) is 10.5. The minimum atomic E-state index is -4.00. The average Bonchev–Trinajstić information content (AvgIpc) is 2.84. The van der Waals surface area contributed by atoms with Gasteiger partial charge in [0.05, 0.1) is 12.0 Å². The minimum absolute atomic E-state index is 0.227. The molecule has 0 radical (unpaired) electrons. The van der Waals surface area contributed by atoms with E-state index in [-0.39, 0.29) is 11.5 Å². The quantitative estimate of drug-likeness (QED) is 0.593. The van der Waals surface area contributed by atoms with Crippen LogP contribution in [0.3, 0.4) is 0 Å². The normalized spacial score (nSPS) is 52.7. The van der Waals surface area contributed by atoms with Gasteiger partial charge in [-0.05, 0) is 105 Å². The van der Waals surface area contributed by atoms with E-state index in [0.717, 1.165) is 32.1 Å². The fourth-order valence-electron chi connectivity index (χ4n) is 8.49. The maximum atomic E-state index is 13.2. The Morgan fingerprint density at radius 1 is 0.962 bits per heavy atom. The first-order valence-corrected chi connectivity index (χ1v) is 10.9. The molecule has 0 bridgehead atoms. The summed E-state index contributed by atoms with van der Waals surface area (Å²) in [5, 5.41) is 10.4. The maximum Gasteiger partial charge on any atom is 0.391 e. The van der Waals surface area contributed by atoms with Crippen LogP contribution >= 0.6 is 0 Å². The van der Waals surface area contributed by atoms with Crippen molar-refractivity contribution in [1.29, 1.82) is 0 Å². The van der Waals surface area contributed by atoms with Crippen molar-refractivity contribution in [3.05, 3.63) is 0 Å². The molecule has 26 heavy (non-hydrogen) atoms. The number of hydrogen-bond donors (Lipinski definition) is 1. The Morgan fingerprint density at radius 3 is 2.31 bits per heavy atom. The van der Waals surface area contributed by atoms with Gasteiger partial charge in [-0.3, -0.25) is 0 Å². The van der Waals surface area contributed by atoms with Gasteiger partial charge >= 0.3 is 6.18 Å². The zero-order valence-corrected chi connectivity index (χ0v) is 16.4. The molecule has 0 spiro atoms. The molecule has 0 saturated heterocycles. The molecule has 150 valence electrons. The van der Waals surface area contributed by atoms with Crippen LogP contribution in [0, 0.1) is 52.8 Å². The Hall–Kier alpha value is -0.250. The lowest BCUT2D eigenvalue weighted by Crippen LogP contribution is -2.51. The monoisotopic (exact) mass is 372 g/mol.